The topological polar surface area (TPSA) is 83.4 Å². The number of benzene rings is 2. The second kappa shape index (κ2) is 10.1. The average molecular weight is 547 g/mol. The Labute approximate surface area is 226 Å². The Hall–Kier alpha value is -4.31. The fourth-order valence-corrected chi connectivity index (χ4v) is 6.13. The standard InChI is InChI=1S/C29H24F2N4O3S/c30-21-8-7-20(13-22(21)31)32-28(37)18-6-9-25(23(12-18)33-29(38)26-4-2-10-39-26)34-14-17-11-19(16-34)24-3-1-5-27(36)35(24)15-17/h1-10,12-13,17,19H,11,14-16H2,(H,32,37)(H,33,38)/t17-,19+/m1/s1. The van der Waals surface area contributed by atoms with Crippen molar-refractivity contribution in [2.45, 2.75) is 18.9 Å². The lowest BCUT2D eigenvalue weighted by Crippen LogP contribution is -2.47. The van der Waals surface area contributed by atoms with Gasteiger partial charge in [0.15, 0.2) is 11.6 Å². The molecule has 2 atom stereocenters. The predicted molar refractivity (Wildman–Crippen MR) is 147 cm³/mol. The lowest BCUT2D eigenvalue weighted by Gasteiger charge is -2.44. The molecular weight excluding hydrogens is 522 g/mol. The van der Waals surface area contributed by atoms with Crippen LogP contribution in [0.3, 0.4) is 0 Å². The van der Waals surface area contributed by atoms with Gasteiger partial charge >= 0.3 is 0 Å². The molecule has 0 spiro atoms. The van der Waals surface area contributed by atoms with Crippen LogP contribution in [0.1, 0.15) is 38.1 Å². The van der Waals surface area contributed by atoms with E-state index in [1.165, 1.54) is 17.4 Å². The molecule has 2 bridgehead atoms. The quantitative estimate of drug-likeness (QED) is 0.355. The molecular formula is C29H24F2N4O3S. The summed E-state index contributed by atoms with van der Waals surface area (Å²) in [5.41, 5.74) is 2.62. The van der Waals surface area contributed by atoms with Crippen molar-refractivity contribution in [1.29, 1.82) is 0 Å². The summed E-state index contributed by atoms with van der Waals surface area (Å²) in [5.74, 6) is -2.47. The highest BCUT2D eigenvalue weighted by molar-refractivity contribution is 7.12. The predicted octanol–water partition coefficient (Wildman–Crippen LogP) is 5.32. The summed E-state index contributed by atoms with van der Waals surface area (Å²) in [4.78, 5) is 41.2. The zero-order chi connectivity index (χ0) is 27.1. The van der Waals surface area contributed by atoms with Crippen LogP contribution in [0, 0.1) is 17.6 Å². The van der Waals surface area contributed by atoms with Crippen molar-refractivity contribution in [1.82, 2.24) is 4.57 Å². The molecule has 4 aromatic rings. The minimum atomic E-state index is -1.06. The zero-order valence-corrected chi connectivity index (χ0v) is 21.5. The van der Waals surface area contributed by atoms with E-state index in [4.69, 9.17) is 0 Å². The highest BCUT2D eigenvalue weighted by atomic mass is 32.1. The van der Waals surface area contributed by atoms with Crippen molar-refractivity contribution in [2.24, 2.45) is 5.92 Å². The number of nitrogens with one attached hydrogen (secondary N) is 2. The van der Waals surface area contributed by atoms with E-state index in [0.29, 0.717) is 30.2 Å². The van der Waals surface area contributed by atoms with E-state index in [0.717, 1.165) is 29.9 Å². The van der Waals surface area contributed by atoms with Crippen molar-refractivity contribution < 1.29 is 18.4 Å². The van der Waals surface area contributed by atoms with Crippen LogP contribution in [0.5, 0.6) is 0 Å². The van der Waals surface area contributed by atoms with Crippen LogP contribution in [0.15, 0.2) is 76.9 Å². The first-order chi connectivity index (χ1) is 18.9. The van der Waals surface area contributed by atoms with E-state index in [-0.39, 0.29) is 34.6 Å². The first kappa shape index (κ1) is 25.0. The first-order valence-corrected chi connectivity index (χ1v) is 13.4. The lowest BCUT2D eigenvalue weighted by atomic mass is 9.83. The number of hydrogen-bond donors (Lipinski definition) is 2. The lowest BCUT2D eigenvalue weighted by molar-refractivity contribution is 0.101. The molecule has 4 heterocycles. The number of halogens is 2. The van der Waals surface area contributed by atoms with E-state index < -0.39 is 17.5 Å². The van der Waals surface area contributed by atoms with Crippen LogP contribution in [-0.4, -0.2) is 29.5 Å². The Morgan fingerprint density at radius 1 is 0.872 bits per heavy atom. The van der Waals surface area contributed by atoms with E-state index in [1.807, 2.05) is 16.0 Å². The van der Waals surface area contributed by atoms with Gasteiger partial charge in [0.25, 0.3) is 17.4 Å². The number of anilines is 3. The van der Waals surface area contributed by atoms with Crippen LogP contribution in [0.25, 0.3) is 0 Å². The molecule has 6 rings (SSSR count). The molecule has 39 heavy (non-hydrogen) atoms. The SMILES string of the molecule is O=C(Nc1ccc(F)c(F)c1)c1ccc(N2C[C@H]3C[C@@H](C2)c2cccc(=O)n2C3)c(NC(=O)c2cccs2)c1. The number of hydrogen-bond acceptors (Lipinski definition) is 5. The van der Waals surface area contributed by atoms with Crippen LogP contribution < -0.4 is 21.1 Å². The fourth-order valence-electron chi connectivity index (χ4n) is 5.52. The summed E-state index contributed by atoms with van der Waals surface area (Å²) in [6, 6.07) is 17.1. The zero-order valence-electron chi connectivity index (χ0n) is 20.7. The molecule has 7 nitrogen and oxygen atoms in total. The Morgan fingerprint density at radius 3 is 2.54 bits per heavy atom. The summed E-state index contributed by atoms with van der Waals surface area (Å²) < 4.78 is 28.8. The summed E-state index contributed by atoms with van der Waals surface area (Å²) in [6.07, 6.45) is 0.978. The second-order valence-electron chi connectivity index (χ2n) is 9.85. The number of amides is 2. The Bertz CT molecular complexity index is 1640. The van der Waals surface area contributed by atoms with Gasteiger partial charge in [-0.3, -0.25) is 14.4 Å². The molecule has 2 aliphatic rings. The third-order valence-electron chi connectivity index (χ3n) is 7.25. The molecule has 0 aliphatic carbocycles. The number of aromatic nitrogens is 1. The molecule has 2 N–H and O–H groups in total. The molecule has 198 valence electrons. The highest BCUT2D eigenvalue weighted by Gasteiger charge is 2.35. The Kier molecular flexibility index (Phi) is 6.48. The van der Waals surface area contributed by atoms with Crippen LogP contribution in [-0.2, 0) is 6.54 Å². The van der Waals surface area contributed by atoms with E-state index >= 15 is 0 Å². The van der Waals surface area contributed by atoms with Crippen molar-refractivity contribution in [2.75, 3.05) is 28.6 Å². The van der Waals surface area contributed by atoms with Crippen molar-refractivity contribution in [3.05, 3.63) is 110 Å². The van der Waals surface area contributed by atoms with Gasteiger partial charge in [-0.05, 0) is 60.2 Å². The van der Waals surface area contributed by atoms with Gasteiger partial charge in [0.2, 0.25) is 0 Å². The first-order valence-electron chi connectivity index (χ1n) is 12.6. The summed E-state index contributed by atoms with van der Waals surface area (Å²) in [6.45, 7) is 1.98. The molecule has 1 fully saturated rings. The van der Waals surface area contributed by atoms with Gasteiger partial charge < -0.3 is 20.1 Å². The van der Waals surface area contributed by atoms with Gasteiger partial charge in [-0.25, -0.2) is 8.78 Å². The van der Waals surface area contributed by atoms with Crippen molar-refractivity contribution >= 4 is 40.2 Å². The maximum atomic E-state index is 13.6. The van der Waals surface area contributed by atoms with Gasteiger partial charge in [0.1, 0.15) is 0 Å². The average Bonchev–Trinajstić information content (AvgIpc) is 3.47. The maximum absolute atomic E-state index is 13.6. The number of fused-ring (bicyclic) bond motifs is 4. The molecule has 2 aliphatic heterocycles. The summed E-state index contributed by atoms with van der Waals surface area (Å²) in [5, 5.41) is 7.36. The van der Waals surface area contributed by atoms with Gasteiger partial charge in [-0.2, -0.15) is 0 Å². The van der Waals surface area contributed by atoms with Crippen LogP contribution in [0.2, 0.25) is 0 Å². The van der Waals surface area contributed by atoms with Crippen molar-refractivity contribution in [3.63, 3.8) is 0 Å². The highest BCUT2D eigenvalue weighted by Crippen LogP contribution is 2.39. The van der Waals surface area contributed by atoms with E-state index in [2.05, 4.69) is 15.5 Å². The van der Waals surface area contributed by atoms with Crippen molar-refractivity contribution in [3.8, 4) is 0 Å². The van der Waals surface area contributed by atoms with Crippen LogP contribution in [0.4, 0.5) is 25.8 Å². The normalized spacial score (nSPS) is 17.8. The molecule has 2 amide bonds. The minimum Gasteiger partial charge on any atom is -0.369 e. The molecule has 0 saturated carbocycles. The number of thiophene rings is 1. The number of pyridine rings is 1. The number of piperidine rings is 1. The minimum absolute atomic E-state index is 0.0101. The summed E-state index contributed by atoms with van der Waals surface area (Å²) >= 11 is 1.31. The molecule has 2 aromatic carbocycles. The third-order valence-corrected chi connectivity index (χ3v) is 8.12. The molecule has 1 saturated heterocycles. The molecule has 0 unspecified atom stereocenters. The van der Waals surface area contributed by atoms with Gasteiger partial charge in [0.05, 0.1) is 16.3 Å². The van der Waals surface area contributed by atoms with Crippen LogP contribution >= 0.6 is 11.3 Å². The second-order valence-corrected chi connectivity index (χ2v) is 10.8. The maximum Gasteiger partial charge on any atom is 0.265 e. The molecule has 10 heteroatoms. The number of nitrogens with zero attached hydrogens (tertiary/aromatic N) is 2. The van der Waals surface area contributed by atoms with Gasteiger partial charge in [-0.15, -0.1) is 11.3 Å². The fraction of sp³-hybridized carbons (Fsp3) is 0.207. The smallest absolute Gasteiger partial charge is 0.265 e. The number of carbonyl (C=O) groups excluding carboxylic acids is 2. The monoisotopic (exact) mass is 546 g/mol. The van der Waals surface area contributed by atoms with Gasteiger partial charge in [-0.1, -0.05) is 12.1 Å². The van der Waals surface area contributed by atoms with Gasteiger partial charge in [0, 0.05) is 54.6 Å². The van der Waals surface area contributed by atoms with E-state index in [9.17, 15) is 23.2 Å². The summed E-state index contributed by atoms with van der Waals surface area (Å²) in [7, 11) is 0. The molecule has 2 aromatic heterocycles. The molecule has 0 radical (unpaired) electrons. The third kappa shape index (κ3) is 4.95. The Morgan fingerprint density at radius 2 is 1.74 bits per heavy atom. The Balaban J connectivity index is 1.32. The number of rotatable bonds is 5. The number of carbonyl (C=O) groups is 2. The largest absolute Gasteiger partial charge is 0.369 e. The van der Waals surface area contributed by atoms with E-state index in [1.54, 1.807) is 42.5 Å².